The summed E-state index contributed by atoms with van der Waals surface area (Å²) in [5.74, 6) is 1.73. The lowest BCUT2D eigenvalue weighted by Gasteiger charge is -2.36. The standard InChI is InChI=1S/C21H28N6O3/c1-25-20-18(11-24-25)21(23-15-22-20)27-9-7-26(8-10-27)12-17(28)14-30-13-16-5-3-4-6-19(16)29-2/h3-6,11,15,17,28H,7-10,12-14H2,1-2H3/t17-/m1/s1. The topological polar surface area (TPSA) is 88.8 Å². The third kappa shape index (κ3) is 4.53. The van der Waals surface area contributed by atoms with E-state index >= 15 is 0 Å². The van der Waals surface area contributed by atoms with Crippen LogP contribution in [0.3, 0.4) is 0 Å². The Labute approximate surface area is 175 Å². The maximum Gasteiger partial charge on any atom is 0.163 e. The van der Waals surface area contributed by atoms with E-state index in [-0.39, 0.29) is 0 Å². The SMILES string of the molecule is COc1ccccc1COC[C@H](O)CN1CCN(c2ncnc3c2cnn3C)CC1. The van der Waals surface area contributed by atoms with Crippen LogP contribution in [0.2, 0.25) is 0 Å². The monoisotopic (exact) mass is 412 g/mol. The molecule has 2 aromatic heterocycles. The van der Waals surface area contributed by atoms with E-state index in [2.05, 4.69) is 24.9 Å². The zero-order valence-corrected chi connectivity index (χ0v) is 17.4. The van der Waals surface area contributed by atoms with Gasteiger partial charge in [0, 0.05) is 45.3 Å². The molecule has 4 rings (SSSR count). The van der Waals surface area contributed by atoms with Gasteiger partial charge in [-0.1, -0.05) is 18.2 Å². The summed E-state index contributed by atoms with van der Waals surface area (Å²) in [7, 11) is 3.53. The van der Waals surface area contributed by atoms with Gasteiger partial charge in [-0.3, -0.25) is 9.58 Å². The van der Waals surface area contributed by atoms with Crippen LogP contribution < -0.4 is 9.64 Å². The second kappa shape index (κ2) is 9.38. The van der Waals surface area contributed by atoms with Crippen molar-refractivity contribution in [1.82, 2.24) is 24.6 Å². The number of ether oxygens (including phenoxy) is 2. The molecule has 0 amide bonds. The molecule has 1 aliphatic heterocycles. The number of anilines is 1. The third-order valence-electron chi connectivity index (χ3n) is 5.41. The minimum atomic E-state index is -0.532. The fraction of sp³-hybridized carbons (Fsp3) is 0.476. The number of aliphatic hydroxyl groups excluding tert-OH is 1. The van der Waals surface area contributed by atoms with Crippen molar-refractivity contribution in [1.29, 1.82) is 0 Å². The molecule has 0 saturated carbocycles. The maximum atomic E-state index is 10.4. The minimum absolute atomic E-state index is 0.292. The molecule has 3 heterocycles. The van der Waals surface area contributed by atoms with E-state index < -0.39 is 6.10 Å². The Kier molecular flexibility index (Phi) is 6.41. The highest BCUT2D eigenvalue weighted by atomic mass is 16.5. The number of para-hydroxylation sites is 1. The zero-order valence-electron chi connectivity index (χ0n) is 17.4. The second-order valence-corrected chi connectivity index (χ2v) is 7.47. The van der Waals surface area contributed by atoms with Gasteiger partial charge in [0.1, 0.15) is 17.9 Å². The van der Waals surface area contributed by atoms with Crippen LogP contribution in [0.5, 0.6) is 5.75 Å². The molecule has 1 N–H and O–H groups in total. The number of aliphatic hydroxyl groups is 1. The predicted molar refractivity (Wildman–Crippen MR) is 114 cm³/mol. The Balaban J connectivity index is 1.24. The summed E-state index contributed by atoms with van der Waals surface area (Å²) in [4.78, 5) is 13.3. The van der Waals surface area contributed by atoms with Gasteiger partial charge in [-0.25, -0.2) is 9.97 Å². The Morgan fingerprint density at radius 1 is 1.13 bits per heavy atom. The average molecular weight is 412 g/mol. The van der Waals surface area contributed by atoms with Gasteiger partial charge in [0.2, 0.25) is 0 Å². The number of aromatic nitrogens is 4. The molecule has 3 aromatic rings. The van der Waals surface area contributed by atoms with Gasteiger partial charge in [-0.05, 0) is 6.07 Å². The van der Waals surface area contributed by atoms with Crippen LogP contribution in [-0.4, -0.2) is 82.3 Å². The van der Waals surface area contributed by atoms with Crippen molar-refractivity contribution in [3.05, 3.63) is 42.4 Å². The maximum absolute atomic E-state index is 10.4. The summed E-state index contributed by atoms with van der Waals surface area (Å²) in [6.07, 6.45) is 2.88. The summed E-state index contributed by atoms with van der Waals surface area (Å²) in [5.41, 5.74) is 1.82. The van der Waals surface area contributed by atoms with Crippen LogP contribution in [0.15, 0.2) is 36.8 Å². The number of hydrogen-bond acceptors (Lipinski definition) is 8. The van der Waals surface area contributed by atoms with Crippen molar-refractivity contribution in [3.63, 3.8) is 0 Å². The lowest BCUT2D eigenvalue weighted by Crippen LogP contribution is -2.49. The lowest BCUT2D eigenvalue weighted by molar-refractivity contribution is 0.00865. The van der Waals surface area contributed by atoms with Gasteiger partial charge < -0.3 is 19.5 Å². The molecule has 0 radical (unpaired) electrons. The Hall–Kier alpha value is -2.75. The summed E-state index contributed by atoms with van der Waals surface area (Å²) in [6, 6.07) is 7.76. The molecule has 0 bridgehead atoms. The van der Waals surface area contributed by atoms with Gasteiger partial charge in [0.25, 0.3) is 0 Å². The van der Waals surface area contributed by atoms with E-state index in [0.29, 0.717) is 19.8 Å². The van der Waals surface area contributed by atoms with Crippen LogP contribution in [0.4, 0.5) is 5.82 Å². The number of methoxy groups -OCH3 is 1. The summed E-state index contributed by atoms with van der Waals surface area (Å²) in [5, 5.41) is 15.6. The Bertz CT molecular complexity index is 970. The first kappa shape index (κ1) is 20.5. The minimum Gasteiger partial charge on any atom is -0.496 e. The second-order valence-electron chi connectivity index (χ2n) is 7.47. The molecule has 0 aliphatic carbocycles. The number of fused-ring (bicyclic) bond motifs is 1. The van der Waals surface area contributed by atoms with Crippen molar-refractivity contribution in [2.24, 2.45) is 7.05 Å². The molecule has 9 nitrogen and oxygen atoms in total. The fourth-order valence-electron chi connectivity index (χ4n) is 3.82. The predicted octanol–water partition coefficient (Wildman–Crippen LogP) is 1.07. The van der Waals surface area contributed by atoms with E-state index in [1.165, 1.54) is 0 Å². The highest BCUT2D eigenvalue weighted by molar-refractivity contribution is 5.86. The summed E-state index contributed by atoms with van der Waals surface area (Å²) in [6.45, 7) is 4.70. The van der Waals surface area contributed by atoms with E-state index in [1.54, 1.807) is 18.1 Å². The summed E-state index contributed by atoms with van der Waals surface area (Å²) < 4.78 is 12.8. The van der Waals surface area contributed by atoms with Crippen LogP contribution in [0.1, 0.15) is 5.56 Å². The van der Waals surface area contributed by atoms with Crippen molar-refractivity contribution in [3.8, 4) is 5.75 Å². The molecular weight excluding hydrogens is 384 g/mol. The van der Waals surface area contributed by atoms with Crippen molar-refractivity contribution < 1.29 is 14.6 Å². The van der Waals surface area contributed by atoms with Crippen LogP contribution in [0, 0.1) is 0 Å². The number of rotatable bonds is 8. The highest BCUT2D eigenvalue weighted by Gasteiger charge is 2.22. The largest absolute Gasteiger partial charge is 0.496 e. The normalized spacial score (nSPS) is 16.2. The molecule has 30 heavy (non-hydrogen) atoms. The first-order chi connectivity index (χ1) is 14.7. The van der Waals surface area contributed by atoms with Gasteiger partial charge in [-0.2, -0.15) is 5.10 Å². The molecule has 0 spiro atoms. The number of β-amino-alcohol motifs (C(OH)–C–C–N with tert-alkyl or cyclic N) is 1. The smallest absolute Gasteiger partial charge is 0.163 e. The van der Waals surface area contributed by atoms with E-state index in [1.807, 2.05) is 37.5 Å². The van der Waals surface area contributed by atoms with E-state index in [4.69, 9.17) is 9.47 Å². The van der Waals surface area contributed by atoms with E-state index in [9.17, 15) is 5.11 Å². The molecule has 160 valence electrons. The van der Waals surface area contributed by atoms with Gasteiger partial charge in [0.05, 0.1) is 38.0 Å². The molecule has 1 atom stereocenters. The Morgan fingerprint density at radius 2 is 1.93 bits per heavy atom. The van der Waals surface area contributed by atoms with E-state index in [0.717, 1.165) is 54.3 Å². The van der Waals surface area contributed by atoms with Gasteiger partial charge in [0.15, 0.2) is 5.65 Å². The fourth-order valence-corrected chi connectivity index (χ4v) is 3.82. The number of hydrogen-bond donors (Lipinski definition) is 1. The first-order valence-electron chi connectivity index (χ1n) is 10.1. The quantitative estimate of drug-likeness (QED) is 0.588. The van der Waals surface area contributed by atoms with Crippen LogP contribution in [0.25, 0.3) is 11.0 Å². The molecule has 0 unspecified atom stereocenters. The summed E-state index contributed by atoms with van der Waals surface area (Å²) >= 11 is 0. The zero-order chi connectivity index (χ0) is 20.9. The lowest BCUT2D eigenvalue weighted by atomic mass is 10.2. The molecule has 1 saturated heterocycles. The van der Waals surface area contributed by atoms with Crippen LogP contribution in [-0.2, 0) is 18.4 Å². The number of nitrogens with zero attached hydrogens (tertiary/aromatic N) is 6. The van der Waals surface area contributed by atoms with Crippen molar-refractivity contribution in [2.45, 2.75) is 12.7 Å². The van der Waals surface area contributed by atoms with Gasteiger partial charge in [-0.15, -0.1) is 0 Å². The Morgan fingerprint density at radius 3 is 2.73 bits per heavy atom. The molecular formula is C21H28N6O3. The van der Waals surface area contributed by atoms with Gasteiger partial charge >= 0.3 is 0 Å². The number of aryl methyl sites for hydroxylation is 1. The van der Waals surface area contributed by atoms with Crippen molar-refractivity contribution >= 4 is 16.9 Å². The van der Waals surface area contributed by atoms with Crippen molar-refractivity contribution in [2.75, 3.05) is 51.3 Å². The molecule has 1 aliphatic rings. The molecule has 1 fully saturated rings. The third-order valence-corrected chi connectivity index (χ3v) is 5.41. The van der Waals surface area contributed by atoms with Crippen LogP contribution >= 0.6 is 0 Å². The average Bonchev–Trinajstić information content (AvgIpc) is 3.16. The first-order valence-corrected chi connectivity index (χ1v) is 10.1. The molecule has 1 aromatic carbocycles. The number of piperazine rings is 1. The highest BCUT2D eigenvalue weighted by Crippen LogP contribution is 2.23. The molecule has 9 heteroatoms. The number of benzene rings is 1.